The molecule has 0 fully saturated rings. The predicted molar refractivity (Wildman–Crippen MR) is 128 cm³/mol. The van der Waals surface area contributed by atoms with E-state index in [-0.39, 0.29) is 24.7 Å². The van der Waals surface area contributed by atoms with Gasteiger partial charge in [0.15, 0.2) is 0 Å². The van der Waals surface area contributed by atoms with Crippen molar-refractivity contribution in [3.8, 4) is 5.75 Å². The second-order valence-electron chi connectivity index (χ2n) is 7.98. The highest BCUT2D eigenvalue weighted by Crippen LogP contribution is 2.36. The van der Waals surface area contributed by atoms with E-state index in [9.17, 15) is 19.5 Å². The van der Waals surface area contributed by atoms with Gasteiger partial charge < -0.3 is 20.5 Å². The number of nitrogens with zero attached hydrogens (tertiary/aromatic N) is 1. The van der Waals surface area contributed by atoms with Gasteiger partial charge in [-0.2, -0.15) is 0 Å². The van der Waals surface area contributed by atoms with E-state index >= 15 is 0 Å². The van der Waals surface area contributed by atoms with Crippen LogP contribution in [0.4, 0.5) is 0 Å². The largest absolute Gasteiger partial charge is 0.508 e. The third-order valence-corrected chi connectivity index (χ3v) is 5.70. The number of para-hydroxylation sites is 1. The number of aromatic hydroxyl groups is 1. The number of carbonyl (C=O) groups excluding carboxylic acids is 3. The summed E-state index contributed by atoms with van der Waals surface area (Å²) in [7, 11) is 1.23. The number of allylic oxidation sites excluding steroid dienone is 1. The minimum Gasteiger partial charge on any atom is -0.508 e. The summed E-state index contributed by atoms with van der Waals surface area (Å²) in [5, 5.41) is 15.4. The molecule has 2 amide bonds. The predicted octanol–water partition coefficient (Wildman–Crippen LogP) is 2.84. The summed E-state index contributed by atoms with van der Waals surface area (Å²) in [6.45, 7) is -0.526. The van der Waals surface area contributed by atoms with Gasteiger partial charge in [-0.15, -0.1) is 0 Å². The molecule has 8 heteroatoms. The van der Waals surface area contributed by atoms with Gasteiger partial charge >= 0.3 is 5.97 Å². The molecule has 0 bridgehead atoms. The molecule has 2 aromatic carbocycles. The summed E-state index contributed by atoms with van der Waals surface area (Å²) >= 11 is 0. The Labute approximate surface area is 196 Å². The van der Waals surface area contributed by atoms with Gasteiger partial charge in [0.1, 0.15) is 12.3 Å². The highest BCUT2D eigenvalue weighted by Gasteiger charge is 2.25. The van der Waals surface area contributed by atoms with Gasteiger partial charge in [0, 0.05) is 5.39 Å². The Morgan fingerprint density at radius 1 is 1.03 bits per heavy atom. The van der Waals surface area contributed by atoms with Crippen LogP contribution < -0.4 is 10.6 Å². The van der Waals surface area contributed by atoms with Crippen LogP contribution in [0.5, 0.6) is 5.75 Å². The quantitative estimate of drug-likeness (QED) is 0.488. The van der Waals surface area contributed by atoms with E-state index in [0.29, 0.717) is 17.5 Å². The molecule has 0 spiro atoms. The molecule has 0 saturated carbocycles. The van der Waals surface area contributed by atoms with Crippen molar-refractivity contribution in [1.29, 1.82) is 0 Å². The number of pyridine rings is 1. The first kappa shape index (κ1) is 23.0. The van der Waals surface area contributed by atoms with Gasteiger partial charge in [-0.3, -0.25) is 14.4 Å². The van der Waals surface area contributed by atoms with E-state index in [0.717, 1.165) is 40.6 Å². The Kier molecular flexibility index (Phi) is 6.87. The summed E-state index contributed by atoms with van der Waals surface area (Å²) in [5.74, 6) is -1.22. The maximum Gasteiger partial charge on any atom is 0.325 e. The van der Waals surface area contributed by atoms with Gasteiger partial charge in [-0.05, 0) is 60.2 Å². The summed E-state index contributed by atoms with van der Waals surface area (Å²) in [6.07, 6.45) is 4.39. The van der Waals surface area contributed by atoms with E-state index in [1.165, 1.54) is 7.11 Å². The fraction of sp³-hybridized carbons (Fsp3) is 0.231. The third kappa shape index (κ3) is 5.06. The molecule has 8 nitrogen and oxygen atoms in total. The van der Waals surface area contributed by atoms with Gasteiger partial charge in [-0.25, -0.2) is 4.98 Å². The maximum absolute atomic E-state index is 13.3. The van der Waals surface area contributed by atoms with E-state index in [1.807, 2.05) is 42.5 Å². The Morgan fingerprint density at radius 2 is 1.79 bits per heavy atom. The molecule has 0 saturated heterocycles. The van der Waals surface area contributed by atoms with Crippen molar-refractivity contribution in [3.63, 3.8) is 0 Å². The average Bonchev–Trinajstić information content (AvgIpc) is 2.86. The van der Waals surface area contributed by atoms with Crippen LogP contribution in [0.25, 0.3) is 22.6 Å². The molecule has 4 rings (SSSR count). The number of ether oxygens (including phenoxy) is 1. The lowest BCUT2D eigenvalue weighted by Gasteiger charge is -2.23. The Morgan fingerprint density at radius 3 is 2.56 bits per heavy atom. The molecule has 0 unspecified atom stereocenters. The van der Waals surface area contributed by atoms with Crippen molar-refractivity contribution in [2.45, 2.75) is 19.3 Å². The van der Waals surface area contributed by atoms with Crippen LogP contribution in [0.3, 0.4) is 0 Å². The van der Waals surface area contributed by atoms with E-state index < -0.39 is 11.9 Å². The number of carbonyl (C=O) groups is 3. The Balaban J connectivity index is 1.67. The zero-order valence-electron chi connectivity index (χ0n) is 18.8. The molecule has 3 N–H and O–H groups in total. The molecule has 174 valence electrons. The van der Waals surface area contributed by atoms with Crippen LogP contribution in [0.2, 0.25) is 0 Å². The molecular weight excluding hydrogens is 434 g/mol. The van der Waals surface area contributed by atoms with Crippen molar-refractivity contribution in [3.05, 3.63) is 70.9 Å². The second-order valence-corrected chi connectivity index (χ2v) is 7.98. The third-order valence-electron chi connectivity index (χ3n) is 5.70. The highest BCUT2D eigenvalue weighted by molar-refractivity contribution is 6.09. The Hall–Kier alpha value is -4.20. The number of amides is 2. The standard InChI is InChI=1S/C26H25N3O5/c1-34-23(32)15-27-22(31)14-28-26(33)24-19-6-2-3-8-21(19)29-25-17(5-4-7-20(24)25)13-16-9-11-18(30)12-10-16/h2-3,6,8-13,30H,4-5,7,14-15H2,1H3,(H,27,31)(H,28,33)/b17-13-. The van der Waals surface area contributed by atoms with Crippen molar-refractivity contribution < 1.29 is 24.2 Å². The van der Waals surface area contributed by atoms with Gasteiger partial charge in [0.05, 0.1) is 30.4 Å². The molecule has 0 radical (unpaired) electrons. The molecule has 34 heavy (non-hydrogen) atoms. The van der Waals surface area contributed by atoms with Gasteiger partial charge in [0.25, 0.3) is 5.91 Å². The zero-order valence-corrected chi connectivity index (χ0v) is 18.8. The second kappa shape index (κ2) is 10.2. The maximum atomic E-state index is 13.3. The molecular formula is C26H25N3O5. The van der Waals surface area contributed by atoms with Crippen molar-refractivity contribution >= 4 is 40.3 Å². The van der Waals surface area contributed by atoms with E-state index in [1.54, 1.807) is 12.1 Å². The number of hydrogen-bond donors (Lipinski definition) is 3. The van der Waals surface area contributed by atoms with Crippen LogP contribution in [-0.4, -0.2) is 48.1 Å². The van der Waals surface area contributed by atoms with Crippen LogP contribution in [0.1, 0.15) is 40.0 Å². The lowest BCUT2D eigenvalue weighted by Crippen LogP contribution is -2.39. The minimum atomic E-state index is -0.568. The molecule has 0 aliphatic heterocycles. The lowest BCUT2D eigenvalue weighted by molar-refractivity contribution is -0.141. The fourth-order valence-electron chi connectivity index (χ4n) is 4.06. The normalized spacial score (nSPS) is 13.9. The van der Waals surface area contributed by atoms with E-state index in [4.69, 9.17) is 4.98 Å². The van der Waals surface area contributed by atoms with Crippen LogP contribution in [-0.2, 0) is 20.7 Å². The number of hydrogen-bond acceptors (Lipinski definition) is 6. The number of fused-ring (bicyclic) bond motifs is 2. The SMILES string of the molecule is COC(=O)CNC(=O)CNC(=O)c1c2c(nc3ccccc13)/C(=C\c1ccc(O)cc1)CCC2. The van der Waals surface area contributed by atoms with Crippen molar-refractivity contribution in [1.82, 2.24) is 15.6 Å². The summed E-state index contributed by atoms with van der Waals surface area (Å²) in [6, 6.07) is 14.4. The van der Waals surface area contributed by atoms with E-state index in [2.05, 4.69) is 15.4 Å². The summed E-state index contributed by atoms with van der Waals surface area (Å²) in [4.78, 5) is 41.4. The first-order valence-corrected chi connectivity index (χ1v) is 11.0. The molecule has 1 heterocycles. The number of methoxy groups -OCH3 is 1. The minimum absolute atomic E-state index is 0.199. The van der Waals surface area contributed by atoms with Crippen LogP contribution in [0.15, 0.2) is 48.5 Å². The number of esters is 1. The first-order chi connectivity index (χ1) is 16.5. The van der Waals surface area contributed by atoms with Gasteiger partial charge in [-0.1, -0.05) is 30.3 Å². The lowest BCUT2D eigenvalue weighted by atomic mass is 9.85. The van der Waals surface area contributed by atoms with Crippen LogP contribution in [0, 0.1) is 0 Å². The monoisotopic (exact) mass is 459 g/mol. The number of nitrogens with one attached hydrogen (secondary N) is 2. The molecule has 1 aromatic heterocycles. The van der Waals surface area contributed by atoms with Crippen molar-refractivity contribution in [2.75, 3.05) is 20.2 Å². The van der Waals surface area contributed by atoms with Crippen LogP contribution >= 0.6 is 0 Å². The first-order valence-electron chi connectivity index (χ1n) is 11.0. The Bertz CT molecular complexity index is 1280. The van der Waals surface area contributed by atoms with Gasteiger partial charge in [0.2, 0.25) is 5.91 Å². The number of phenols is 1. The fourth-order valence-corrected chi connectivity index (χ4v) is 4.06. The average molecular weight is 460 g/mol. The highest BCUT2D eigenvalue weighted by atomic mass is 16.5. The zero-order chi connectivity index (χ0) is 24.1. The van der Waals surface area contributed by atoms with Crippen molar-refractivity contribution in [2.24, 2.45) is 0 Å². The molecule has 1 aliphatic rings. The summed E-state index contributed by atoms with van der Waals surface area (Å²) < 4.78 is 4.50. The molecule has 0 atom stereocenters. The molecule has 3 aromatic rings. The number of rotatable bonds is 6. The molecule has 1 aliphatic carbocycles. The summed E-state index contributed by atoms with van der Waals surface area (Å²) in [5.41, 5.74) is 4.78. The topological polar surface area (TPSA) is 118 Å². The number of benzene rings is 2. The number of phenolic OH excluding ortho intramolecular Hbond substituents is 1. The number of aromatic nitrogens is 1. The smallest absolute Gasteiger partial charge is 0.325 e.